The molecule has 5 N–H and O–H groups in total. The molecule has 12 aromatic carbocycles. The minimum Gasteiger partial charge on any atom is -0.691 e. The molecule has 0 aromatic heterocycles. The first-order valence-corrected chi connectivity index (χ1v) is 37.1. The third kappa shape index (κ3) is 21.8. The standard InChI is InChI=1S/C29H27NO5.C27H25NO10S2.C13H10O4.C11H8O2.C5H11NO/c1-19(31)35-23-12-13-25-21(16-23)7-4-10-26(25)29(33)34-18-22-8-5-15-30(22)17-27-24-9-3-2-6-20(24)11-14-28(27)32;29-27(24-9-3-6-19-15-21(11-12-23(19)24)33-39-37-35-30)32-17-20-7-4-14-28(20)16-25-22-8-2-1-5-18(22)10-13-26(25)34-40-38-36-31;1-8(14)17-12-5-4-9-6-11(13(15)16)3-2-10(9)7-12;12-7-10-9-4-2-1-3-8(9)5-6-11(10)13;7-4-5-2-1-3-6-5/h2-4,6-7,9-14,16,22,32H,5,8,15,17-18H2,1H3;1-3,5-6,8-13,15,20,30-31H,4,7,14,16-17H2;2-7H,1H3,(H,15,16);1-7,13H;5-7H,1-4H2/p-2/t22-;20-;;;5-/m00..1/s1. The number of fused-ring (bicyclic) bond motifs is 6. The fourth-order valence-electron chi connectivity index (χ4n) is 13.7. The first kappa shape index (κ1) is 81.7. The van der Waals surface area contributed by atoms with Gasteiger partial charge in [-0.2, -0.15) is 0 Å². The van der Waals surface area contributed by atoms with Crippen molar-refractivity contribution >= 4 is 125 Å². The van der Waals surface area contributed by atoms with Gasteiger partial charge in [-0.1, -0.05) is 127 Å². The topological polar surface area (TPSA) is 340 Å². The molecule has 0 radical (unpaired) electrons. The summed E-state index contributed by atoms with van der Waals surface area (Å²) in [5.41, 5.74) is 3.33. The quantitative estimate of drug-likeness (QED) is 0.00755. The summed E-state index contributed by atoms with van der Waals surface area (Å²) < 4.78 is 40.9. The summed E-state index contributed by atoms with van der Waals surface area (Å²) in [6.07, 6.45) is 6.83. The Balaban J connectivity index is 0.000000154. The Kier molecular flexibility index (Phi) is 29.6. The number of aliphatic hydroxyl groups is 1. The maximum atomic E-state index is 13.1. The molecular formula is C85H79N3O22S2-2. The lowest BCUT2D eigenvalue weighted by Gasteiger charge is -2.26. The van der Waals surface area contributed by atoms with Gasteiger partial charge in [-0.3, -0.25) is 34.3 Å². The number of aldehydes is 1. The van der Waals surface area contributed by atoms with Crippen molar-refractivity contribution in [3.8, 4) is 34.5 Å². The van der Waals surface area contributed by atoms with Gasteiger partial charge >= 0.3 is 29.8 Å². The van der Waals surface area contributed by atoms with E-state index in [-0.39, 0.29) is 54.3 Å². The third-order valence-electron chi connectivity index (χ3n) is 19.1. The Hall–Kier alpha value is -11.3. The Labute approximate surface area is 652 Å². The van der Waals surface area contributed by atoms with Crippen LogP contribution < -0.4 is 33.7 Å². The van der Waals surface area contributed by atoms with Gasteiger partial charge in [0.2, 0.25) is 0 Å². The monoisotopic (exact) mass is 1560 g/mol. The van der Waals surface area contributed by atoms with Crippen LogP contribution in [-0.4, -0.2) is 124 Å². The lowest BCUT2D eigenvalue weighted by molar-refractivity contribution is -0.777. The number of hydrogen-bond acceptors (Lipinski definition) is 26. The van der Waals surface area contributed by atoms with Gasteiger partial charge in [0.25, 0.3) is 24.6 Å². The van der Waals surface area contributed by atoms with Crippen molar-refractivity contribution in [3.63, 3.8) is 0 Å². The van der Waals surface area contributed by atoms with Crippen LogP contribution in [0.4, 0.5) is 0 Å². The van der Waals surface area contributed by atoms with E-state index in [1.165, 1.54) is 32.4 Å². The van der Waals surface area contributed by atoms with Crippen LogP contribution in [0, 0.1) is 0 Å². The zero-order chi connectivity index (χ0) is 78.9. The molecular weight excluding hydrogens is 1480 g/mol. The minimum absolute atomic E-state index is 0.0138. The van der Waals surface area contributed by atoms with Crippen LogP contribution in [0.2, 0.25) is 0 Å². The van der Waals surface area contributed by atoms with Gasteiger partial charge in [0.05, 0.1) is 28.9 Å². The number of carbonyl (C=O) groups excluding carboxylic acids is 5. The SMILES string of the molecule is CC(=O)Oc1ccc2c(C(=O)OC[C@@H]3CCCN3Cc3c(O)ccc4ccccc34)cccc2c1.CC(=O)Oc1ccc2cc(C(=O)O)ccc2c1.O=C(OC[C@@H]1CCCN1Cc1c(OSOO[O-])ccc2ccccc12)c1cccc2cc(OSOO[O-])ccc12.O=Cc1c(O)ccc2ccccc12.OC[C@H]1CCCN1. The summed E-state index contributed by atoms with van der Waals surface area (Å²) in [5.74, 6) is -0.359. The molecule has 0 amide bonds. The Bertz CT molecular complexity index is 5300. The fourth-order valence-corrected chi connectivity index (χ4v) is 14.2. The number of nitrogens with zero attached hydrogens (tertiary/aromatic N) is 2. The van der Waals surface area contributed by atoms with E-state index in [0.29, 0.717) is 102 Å². The van der Waals surface area contributed by atoms with Crippen LogP contribution >= 0.6 is 24.6 Å². The number of carbonyl (C=O) groups is 6. The normalized spacial score (nSPS) is 15.2. The second-order valence-electron chi connectivity index (χ2n) is 26.3. The van der Waals surface area contributed by atoms with E-state index in [1.54, 1.807) is 103 Å². The predicted octanol–water partition coefficient (Wildman–Crippen LogP) is 14.1. The second kappa shape index (κ2) is 40.6. The Morgan fingerprint density at radius 1 is 0.491 bits per heavy atom. The zero-order valence-corrected chi connectivity index (χ0v) is 62.5. The van der Waals surface area contributed by atoms with Gasteiger partial charge in [0, 0.05) is 56.2 Å². The molecule has 0 bridgehead atoms. The van der Waals surface area contributed by atoms with Gasteiger partial charge in [-0.15, -0.1) is 8.67 Å². The number of benzene rings is 12. The smallest absolute Gasteiger partial charge is 0.338 e. The van der Waals surface area contributed by atoms with E-state index in [2.05, 4.69) is 33.9 Å². The molecule has 12 aromatic rings. The summed E-state index contributed by atoms with van der Waals surface area (Å²) in [6.45, 7) is 7.45. The number of carboxylic acids is 1. The number of aromatic hydroxyl groups is 2. The number of likely N-dealkylation sites (tertiary alicyclic amines) is 2. The van der Waals surface area contributed by atoms with Crippen molar-refractivity contribution in [1.29, 1.82) is 0 Å². The number of phenolic OH excluding ortho intramolecular Hbond substituents is 2. The van der Waals surface area contributed by atoms with E-state index in [1.807, 2.05) is 103 Å². The number of ether oxygens (including phenoxy) is 4. The zero-order valence-electron chi connectivity index (χ0n) is 60.8. The summed E-state index contributed by atoms with van der Waals surface area (Å²) in [7, 11) is 0. The van der Waals surface area contributed by atoms with Crippen LogP contribution in [0.25, 0.3) is 64.6 Å². The minimum atomic E-state index is -0.962. The highest BCUT2D eigenvalue weighted by Gasteiger charge is 2.30. The van der Waals surface area contributed by atoms with Crippen LogP contribution in [0.5, 0.6) is 34.5 Å². The summed E-state index contributed by atoms with van der Waals surface area (Å²) >= 11 is 0.840. The third-order valence-corrected chi connectivity index (χ3v) is 19.8. The maximum absolute atomic E-state index is 13.1. The number of aromatic carboxylic acids is 1. The van der Waals surface area contributed by atoms with E-state index < -0.39 is 17.9 Å². The maximum Gasteiger partial charge on any atom is 0.338 e. The Morgan fingerprint density at radius 3 is 1.51 bits per heavy atom. The molecule has 3 aliphatic heterocycles. The van der Waals surface area contributed by atoms with E-state index in [9.17, 15) is 49.5 Å². The van der Waals surface area contributed by atoms with Gasteiger partial charge in [-0.05, 0) is 214 Å². The molecule has 0 spiro atoms. The first-order chi connectivity index (χ1) is 54.5. The van der Waals surface area contributed by atoms with Crippen molar-refractivity contribution in [2.45, 2.75) is 83.6 Å². The number of aliphatic hydroxyl groups excluding tert-OH is 1. The van der Waals surface area contributed by atoms with Crippen molar-refractivity contribution in [2.75, 3.05) is 39.5 Å². The van der Waals surface area contributed by atoms with E-state index in [4.69, 9.17) is 37.5 Å². The highest BCUT2D eigenvalue weighted by molar-refractivity contribution is 7.90. The fraction of sp³-hybridized carbons (Fsp3) is 0.224. The molecule has 0 saturated carbocycles. The van der Waals surface area contributed by atoms with E-state index >= 15 is 0 Å². The number of esters is 4. The molecule has 580 valence electrons. The molecule has 112 heavy (non-hydrogen) atoms. The Morgan fingerprint density at radius 2 is 0.964 bits per heavy atom. The number of carboxylic acid groups (broad SMARTS) is 1. The van der Waals surface area contributed by atoms with E-state index in [0.717, 1.165) is 122 Å². The summed E-state index contributed by atoms with van der Waals surface area (Å²) in [6, 6.07) is 65.6. The molecule has 27 heteroatoms. The largest absolute Gasteiger partial charge is 0.691 e. The van der Waals surface area contributed by atoms with Gasteiger partial charge in [-0.25, -0.2) is 14.4 Å². The second-order valence-corrected chi connectivity index (χ2v) is 27.1. The molecule has 0 unspecified atom stereocenters. The summed E-state index contributed by atoms with van der Waals surface area (Å²) in [5, 5.41) is 77.8. The van der Waals surface area contributed by atoms with Crippen molar-refractivity contribution in [2.24, 2.45) is 0 Å². The molecule has 25 nitrogen and oxygen atoms in total. The van der Waals surface area contributed by atoms with Gasteiger partial charge in [0.15, 0.2) is 6.29 Å². The van der Waals surface area contributed by atoms with Crippen LogP contribution in [0.1, 0.15) is 105 Å². The molecule has 3 fully saturated rings. The molecule has 3 aliphatic rings. The van der Waals surface area contributed by atoms with Crippen LogP contribution in [0.3, 0.4) is 0 Å². The highest BCUT2D eigenvalue weighted by atomic mass is 32.2. The van der Waals surface area contributed by atoms with Crippen molar-refractivity contribution in [1.82, 2.24) is 15.1 Å². The van der Waals surface area contributed by atoms with Gasteiger partial charge in [0.1, 0.15) is 47.7 Å². The number of nitrogens with one attached hydrogen (secondary N) is 1. The molecule has 0 aliphatic carbocycles. The number of phenols is 2. The average Bonchev–Trinajstić information content (AvgIpc) is 1.28. The lowest BCUT2D eigenvalue weighted by atomic mass is 10.0. The van der Waals surface area contributed by atoms with Gasteiger partial charge < -0.3 is 63.6 Å². The molecule has 3 heterocycles. The molecule has 15 rings (SSSR count). The van der Waals surface area contributed by atoms with Crippen LogP contribution in [0.15, 0.2) is 218 Å². The molecule has 3 atom stereocenters. The number of rotatable bonds is 23. The predicted molar refractivity (Wildman–Crippen MR) is 418 cm³/mol. The van der Waals surface area contributed by atoms with Crippen molar-refractivity contribution < 1.29 is 106 Å². The molecule has 3 saturated heterocycles. The first-order valence-electron chi connectivity index (χ1n) is 35.8. The average molecular weight is 1560 g/mol. The van der Waals surface area contributed by atoms with Crippen LogP contribution in [-0.2, 0) is 50.9 Å². The van der Waals surface area contributed by atoms with Crippen molar-refractivity contribution in [3.05, 3.63) is 252 Å². The highest BCUT2D eigenvalue weighted by Crippen LogP contribution is 2.37. The number of hydrogen-bond donors (Lipinski definition) is 5. The summed E-state index contributed by atoms with van der Waals surface area (Å²) in [4.78, 5) is 74.2. The lowest BCUT2D eigenvalue weighted by Crippen LogP contribution is -2.33.